The van der Waals surface area contributed by atoms with Crippen LogP contribution in [0.25, 0.3) is 0 Å². The number of benzene rings is 1. The molecule has 1 aliphatic rings. The molecule has 1 aromatic carbocycles. The van der Waals surface area contributed by atoms with Crippen LogP contribution in [0.15, 0.2) is 12.1 Å². The van der Waals surface area contributed by atoms with E-state index in [9.17, 15) is 5.11 Å². The fraction of sp³-hybridized carbons (Fsp3) is 0.500. The lowest BCUT2D eigenvalue weighted by molar-refractivity contribution is 0.287. The summed E-state index contributed by atoms with van der Waals surface area (Å²) in [6.07, 6.45) is 2.12. The van der Waals surface area contributed by atoms with Crippen molar-refractivity contribution < 1.29 is 19.7 Å². The Kier molecular flexibility index (Phi) is 3.51. The molecule has 0 atom stereocenters. The molecule has 0 bridgehead atoms. The second-order valence-electron chi connectivity index (χ2n) is 3.81. The van der Waals surface area contributed by atoms with E-state index in [2.05, 4.69) is 0 Å². The maximum Gasteiger partial charge on any atom is 0.164 e. The van der Waals surface area contributed by atoms with Gasteiger partial charge in [-0.2, -0.15) is 0 Å². The maximum atomic E-state index is 9.77. The van der Waals surface area contributed by atoms with Crippen LogP contribution in [0, 0.1) is 0 Å². The lowest BCUT2D eigenvalue weighted by Crippen LogP contribution is -1.97. The second kappa shape index (κ2) is 5.07. The Morgan fingerprint density at radius 2 is 1.81 bits per heavy atom. The van der Waals surface area contributed by atoms with Crippen molar-refractivity contribution in [3.63, 3.8) is 0 Å². The highest BCUT2D eigenvalue weighted by atomic mass is 16.5. The van der Waals surface area contributed by atoms with Gasteiger partial charge in [-0.25, -0.2) is 0 Å². The van der Waals surface area contributed by atoms with Crippen LogP contribution >= 0.6 is 0 Å². The van der Waals surface area contributed by atoms with E-state index in [1.807, 2.05) is 0 Å². The zero-order valence-corrected chi connectivity index (χ0v) is 9.11. The Bertz CT molecular complexity index is 362. The molecule has 0 saturated carbocycles. The molecule has 16 heavy (non-hydrogen) atoms. The molecule has 0 amide bonds. The molecule has 4 nitrogen and oxygen atoms in total. The Labute approximate surface area is 94.4 Å². The summed E-state index contributed by atoms with van der Waals surface area (Å²) < 4.78 is 11.0. The van der Waals surface area contributed by atoms with Gasteiger partial charge in [-0.15, -0.1) is 0 Å². The van der Waals surface area contributed by atoms with Gasteiger partial charge in [-0.3, -0.25) is 0 Å². The van der Waals surface area contributed by atoms with Gasteiger partial charge in [-0.1, -0.05) is 0 Å². The average Bonchev–Trinajstić information content (AvgIpc) is 2.50. The summed E-state index contributed by atoms with van der Waals surface area (Å²) in [7, 11) is 0. The van der Waals surface area contributed by atoms with Crippen LogP contribution in [0.1, 0.15) is 18.4 Å². The van der Waals surface area contributed by atoms with Gasteiger partial charge in [0.05, 0.1) is 13.2 Å². The SMILES string of the molecule is OCCCc1cc2c(cc1O)OCCCO2. The molecular formula is C12H16O4. The molecule has 0 spiro atoms. The van der Waals surface area contributed by atoms with Gasteiger partial charge in [-0.05, 0) is 24.5 Å². The fourth-order valence-electron chi connectivity index (χ4n) is 1.71. The number of phenolic OH excluding ortho intramolecular Hbond substituents is 1. The first-order valence-corrected chi connectivity index (χ1v) is 5.53. The lowest BCUT2D eigenvalue weighted by Gasteiger charge is -2.11. The molecule has 0 radical (unpaired) electrons. The van der Waals surface area contributed by atoms with Crippen molar-refractivity contribution in [3.8, 4) is 17.2 Å². The molecular weight excluding hydrogens is 208 g/mol. The van der Waals surface area contributed by atoms with Gasteiger partial charge in [0.25, 0.3) is 0 Å². The van der Waals surface area contributed by atoms with E-state index in [1.54, 1.807) is 12.1 Å². The minimum Gasteiger partial charge on any atom is -0.508 e. The van der Waals surface area contributed by atoms with Crippen LogP contribution in [-0.4, -0.2) is 30.0 Å². The molecule has 1 aromatic rings. The number of phenols is 1. The number of ether oxygens (including phenoxy) is 2. The topological polar surface area (TPSA) is 58.9 Å². The normalized spacial score (nSPS) is 14.6. The quantitative estimate of drug-likeness (QED) is 0.816. The molecule has 0 saturated heterocycles. The number of aliphatic hydroxyl groups excluding tert-OH is 1. The predicted molar refractivity (Wildman–Crippen MR) is 59.1 cm³/mol. The van der Waals surface area contributed by atoms with E-state index in [4.69, 9.17) is 14.6 Å². The van der Waals surface area contributed by atoms with Gasteiger partial charge in [0.1, 0.15) is 5.75 Å². The van der Waals surface area contributed by atoms with Crippen LogP contribution in [0.4, 0.5) is 0 Å². The summed E-state index contributed by atoms with van der Waals surface area (Å²) in [4.78, 5) is 0. The van der Waals surface area contributed by atoms with Crippen molar-refractivity contribution in [2.45, 2.75) is 19.3 Å². The summed E-state index contributed by atoms with van der Waals surface area (Å²) in [6.45, 7) is 1.37. The summed E-state index contributed by atoms with van der Waals surface area (Å²) >= 11 is 0. The van der Waals surface area contributed by atoms with Crippen LogP contribution in [-0.2, 0) is 6.42 Å². The highest BCUT2D eigenvalue weighted by Gasteiger charge is 2.14. The van der Waals surface area contributed by atoms with E-state index in [0.29, 0.717) is 37.6 Å². The number of hydrogen-bond acceptors (Lipinski definition) is 4. The van der Waals surface area contributed by atoms with E-state index < -0.39 is 0 Å². The Hall–Kier alpha value is -1.42. The Morgan fingerprint density at radius 1 is 1.12 bits per heavy atom. The fourth-order valence-corrected chi connectivity index (χ4v) is 1.71. The number of rotatable bonds is 3. The molecule has 2 N–H and O–H groups in total. The zero-order chi connectivity index (χ0) is 11.4. The van der Waals surface area contributed by atoms with Crippen LogP contribution < -0.4 is 9.47 Å². The smallest absolute Gasteiger partial charge is 0.164 e. The minimum atomic E-state index is 0.119. The van der Waals surface area contributed by atoms with Crippen molar-refractivity contribution in [2.75, 3.05) is 19.8 Å². The van der Waals surface area contributed by atoms with Gasteiger partial charge in [0, 0.05) is 19.1 Å². The number of aromatic hydroxyl groups is 1. The molecule has 4 heteroatoms. The molecule has 88 valence electrons. The Balaban J connectivity index is 2.24. The van der Waals surface area contributed by atoms with E-state index in [-0.39, 0.29) is 12.4 Å². The summed E-state index contributed by atoms with van der Waals surface area (Å²) in [5.41, 5.74) is 0.790. The van der Waals surface area contributed by atoms with Gasteiger partial charge in [0.2, 0.25) is 0 Å². The van der Waals surface area contributed by atoms with Crippen LogP contribution in [0.5, 0.6) is 17.2 Å². The number of aryl methyl sites for hydroxylation is 1. The van der Waals surface area contributed by atoms with Gasteiger partial charge >= 0.3 is 0 Å². The summed E-state index contributed by atoms with van der Waals surface area (Å²) in [6, 6.07) is 3.39. The Morgan fingerprint density at radius 3 is 2.50 bits per heavy atom. The largest absolute Gasteiger partial charge is 0.508 e. The predicted octanol–water partition coefficient (Wildman–Crippen LogP) is 1.48. The highest BCUT2D eigenvalue weighted by molar-refractivity contribution is 5.50. The highest BCUT2D eigenvalue weighted by Crippen LogP contribution is 2.36. The van der Waals surface area contributed by atoms with Crippen LogP contribution in [0.2, 0.25) is 0 Å². The first-order chi connectivity index (χ1) is 7.81. The minimum absolute atomic E-state index is 0.119. The number of hydrogen-bond donors (Lipinski definition) is 2. The standard InChI is InChI=1S/C12H16O4/c13-4-1-3-9-7-11-12(8-10(9)14)16-6-2-5-15-11/h7-8,13-14H,1-6H2. The molecule has 0 aliphatic carbocycles. The molecule has 0 fully saturated rings. The number of fused-ring (bicyclic) bond motifs is 1. The first kappa shape index (κ1) is 11.1. The van der Waals surface area contributed by atoms with E-state index in [1.165, 1.54) is 0 Å². The lowest BCUT2D eigenvalue weighted by atomic mass is 10.1. The second-order valence-corrected chi connectivity index (χ2v) is 3.81. The molecule has 0 unspecified atom stereocenters. The molecule has 2 rings (SSSR count). The number of aliphatic hydroxyl groups is 1. The first-order valence-electron chi connectivity index (χ1n) is 5.53. The molecule has 1 aliphatic heterocycles. The van der Waals surface area contributed by atoms with Gasteiger partial charge < -0.3 is 19.7 Å². The van der Waals surface area contributed by atoms with Gasteiger partial charge in [0.15, 0.2) is 11.5 Å². The molecule has 0 aromatic heterocycles. The summed E-state index contributed by atoms with van der Waals surface area (Å²) in [5, 5.41) is 18.5. The third kappa shape index (κ3) is 2.39. The van der Waals surface area contributed by atoms with E-state index in [0.717, 1.165) is 12.0 Å². The van der Waals surface area contributed by atoms with Crippen molar-refractivity contribution in [2.24, 2.45) is 0 Å². The summed E-state index contributed by atoms with van der Waals surface area (Å²) in [5.74, 6) is 1.49. The van der Waals surface area contributed by atoms with Crippen molar-refractivity contribution >= 4 is 0 Å². The third-order valence-electron chi connectivity index (χ3n) is 2.55. The zero-order valence-electron chi connectivity index (χ0n) is 9.11. The maximum absolute atomic E-state index is 9.77. The average molecular weight is 224 g/mol. The molecule has 1 heterocycles. The van der Waals surface area contributed by atoms with Crippen LogP contribution in [0.3, 0.4) is 0 Å². The third-order valence-corrected chi connectivity index (χ3v) is 2.55. The van der Waals surface area contributed by atoms with E-state index >= 15 is 0 Å². The monoisotopic (exact) mass is 224 g/mol. The van der Waals surface area contributed by atoms with Crippen molar-refractivity contribution in [3.05, 3.63) is 17.7 Å². The van der Waals surface area contributed by atoms with Crippen molar-refractivity contribution in [1.29, 1.82) is 0 Å². The van der Waals surface area contributed by atoms with Crippen molar-refractivity contribution in [1.82, 2.24) is 0 Å².